The number of nitrogens with zero attached hydrogens (tertiary/aromatic N) is 3. The Kier molecular flexibility index (Phi) is 7.23. The number of rotatable bonds is 8. The SMILES string of the molecule is CCS(=O)(=O)c1ccc(CNC(=O)c2cnc3c(C4CC4)n(C[C@H]4CC[C@H](C(F)(F)F)CC4)nc3c2)cc1. The highest BCUT2D eigenvalue weighted by atomic mass is 32.2. The molecule has 2 aliphatic carbocycles. The fourth-order valence-electron chi connectivity index (χ4n) is 5.24. The molecule has 2 aliphatic rings. The summed E-state index contributed by atoms with van der Waals surface area (Å²) in [6, 6.07) is 8.13. The lowest BCUT2D eigenvalue weighted by Crippen LogP contribution is -2.29. The standard InChI is InChI=1S/C27H31F3N4O3S/c1-2-38(36,37)22-11-5-17(6-12-22)14-32-26(35)20-13-23-24(31-15-20)25(19-7-8-19)34(33-23)16-18-3-9-21(10-4-18)27(28,29)30/h5-6,11-13,15,18-19,21H,2-4,7-10,14,16H2,1H3,(H,32,35)/t18-,21-. The molecule has 5 rings (SSSR count). The molecule has 1 aromatic carbocycles. The molecule has 0 saturated heterocycles. The van der Waals surface area contributed by atoms with Crippen LogP contribution in [0.25, 0.3) is 11.0 Å². The third-order valence-electron chi connectivity index (χ3n) is 7.70. The second-order valence-electron chi connectivity index (χ2n) is 10.4. The van der Waals surface area contributed by atoms with E-state index >= 15 is 0 Å². The van der Waals surface area contributed by atoms with Crippen molar-refractivity contribution in [2.24, 2.45) is 11.8 Å². The Morgan fingerprint density at radius 3 is 2.37 bits per heavy atom. The Bertz CT molecular complexity index is 1420. The lowest BCUT2D eigenvalue weighted by molar-refractivity contribution is -0.184. The maximum Gasteiger partial charge on any atom is 0.391 e. The number of pyridine rings is 1. The summed E-state index contributed by atoms with van der Waals surface area (Å²) >= 11 is 0. The third kappa shape index (κ3) is 5.72. The van der Waals surface area contributed by atoms with Gasteiger partial charge in [-0.3, -0.25) is 14.5 Å². The minimum atomic E-state index is -4.12. The lowest BCUT2D eigenvalue weighted by Gasteiger charge is -2.30. The number of amides is 1. The van der Waals surface area contributed by atoms with E-state index < -0.39 is 21.9 Å². The second-order valence-corrected chi connectivity index (χ2v) is 12.7. The summed E-state index contributed by atoms with van der Waals surface area (Å²) in [7, 11) is -3.28. The molecule has 2 aromatic heterocycles. The van der Waals surface area contributed by atoms with Gasteiger partial charge in [-0.25, -0.2) is 8.42 Å². The number of carbonyl (C=O) groups is 1. The molecule has 204 valence electrons. The van der Waals surface area contributed by atoms with Crippen molar-refractivity contribution in [2.45, 2.75) is 75.5 Å². The third-order valence-corrected chi connectivity index (χ3v) is 9.45. The molecule has 2 fully saturated rings. The van der Waals surface area contributed by atoms with E-state index in [-0.39, 0.29) is 41.9 Å². The van der Waals surface area contributed by atoms with Crippen LogP contribution in [-0.4, -0.2) is 41.0 Å². The molecule has 7 nitrogen and oxygen atoms in total. The Labute approximate surface area is 219 Å². The largest absolute Gasteiger partial charge is 0.391 e. The maximum atomic E-state index is 13.1. The maximum absolute atomic E-state index is 13.1. The highest BCUT2D eigenvalue weighted by molar-refractivity contribution is 7.91. The van der Waals surface area contributed by atoms with Crippen LogP contribution in [0.3, 0.4) is 0 Å². The van der Waals surface area contributed by atoms with E-state index in [0.29, 0.717) is 36.4 Å². The topological polar surface area (TPSA) is 94.0 Å². The molecular weight excluding hydrogens is 517 g/mol. The van der Waals surface area contributed by atoms with Crippen LogP contribution in [0.5, 0.6) is 0 Å². The molecule has 0 aliphatic heterocycles. The summed E-state index contributed by atoms with van der Waals surface area (Å²) in [6.45, 7) is 2.39. The summed E-state index contributed by atoms with van der Waals surface area (Å²) in [6.07, 6.45) is 0.841. The van der Waals surface area contributed by atoms with Crippen molar-refractivity contribution in [3.63, 3.8) is 0 Å². The van der Waals surface area contributed by atoms with Gasteiger partial charge >= 0.3 is 6.18 Å². The van der Waals surface area contributed by atoms with E-state index in [1.165, 1.54) is 18.3 Å². The molecule has 1 N–H and O–H groups in total. The minimum Gasteiger partial charge on any atom is -0.348 e. The van der Waals surface area contributed by atoms with E-state index in [2.05, 4.69) is 10.3 Å². The first-order valence-electron chi connectivity index (χ1n) is 13.1. The fraction of sp³-hybridized carbons (Fsp3) is 0.519. The van der Waals surface area contributed by atoms with E-state index in [0.717, 1.165) is 29.6 Å². The number of fused-ring (bicyclic) bond motifs is 1. The van der Waals surface area contributed by atoms with Crippen molar-refractivity contribution in [2.75, 3.05) is 5.75 Å². The molecule has 0 atom stereocenters. The van der Waals surface area contributed by atoms with Crippen LogP contribution in [-0.2, 0) is 22.9 Å². The second kappa shape index (κ2) is 10.3. The minimum absolute atomic E-state index is 0.0238. The van der Waals surface area contributed by atoms with Crippen molar-refractivity contribution in [1.29, 1.82) is 0 Å². The summed E-state index contributed by atoms with van der Waals surface area (Å²) in [5.41, 5.74) is 3.51. The van der Waals surface area contributed by atoms with Crippen molar-refractivity contribution >= 4 is 26.8 Å². The molecule has 0 unspecified atom stereocenters. The number of hydrogen-bond donors (Lipinski definition) is 1. The monoisotopic (exact) mass is 548 g/mol. The fourth-order valence-corrected chi connectivity index (χ4v) is 6.12. The van der Waals surface area contributed by atoms with Gasteiger partial charge in [-0.05, 0) is 68.2 Å². The van der Waals surface area contributed by atoms with E-state index in [1.54, 1.807) is 25.1 Å². The molecule has 1 amide bonds. The van der Waals surface area contributed by atoms with E-state index in [9.17, 15) is 26.4 Å². The van der Waals surface area contributed by atoms with Gasteiger partial charge < -0.3 is 5.32 Å². The van der Waals surface area contributed by atoms with Crippen molar-refractivity contribution < 1.29 is 26.4 Å². The first-order chi connectivity index (χ1) is 18.0. The number of nitrogens with one attached hydrogen (secondary N) is 1. The van der Waals surface area contributed by atoms with Crippen LogP contribution in [0.2, 0.25) is 0 Å². The number of halogens is 3. The molecule has 38 heavy (non-hydrogen) atoms. The van der Waals surface area contributed by atoms with Gasteiger partial charge in [0.2, 0.25) is 0 Å². The van der Waals surface area contributed by atoms with Crippen LogP contribution in [0.1, 0.15) is 73.0 Å². The average Bonchev–Trinajstić information content (AvgIpc) is 3.67. The van der Waals surface area contributed by atoms with Crippen LogP contribution in [0.4, 0.5) is 13.2 Å². The van der Waals surface area contributed by atoms with Gasteiger partial charge in [0.05, 0.1) is 27.8 Å². The highest BCUT2D eigenvalue weighted by Crippen LogP contribution is 2.44. The quantitative estimate of drug-likeness (QED) is 0.407. The molecule has 2 saturated carbocycles. The lowest BCUT2D eigenvalue weighted by atomic mass is 9.81. The van der Waals surface area contributed by atoms with Gasteiger partial charge in [-0.15, -0.1) is 0 Å². The first kappa shape index (κ1) is 26.6. The van der Waals surface area contributed by atoms with Gasteiger partial charge in [0, 0.05) is 25.2 Å². The molecule has 0 spiro atoms. The van der Waals surface area contributed by atoms with E-state index in [4.69, 9.17) is 5.10 Å². The van der Waals surface area contributed by atoms with Crippen LogP contribution < -0.4 is 5.32 Å². The molecule has 3 aromatic rings. The summed E-state index contributed by atoms with van der Waals surface area (Å²) in [5, 5.41) is 7.57. The molecule has 2 heterocycles. The van der Waals surface area contributed by atoms with Crippen molar-refractivity contribution in [3.8, 4) is 0 Å². The summed E-state index contributed by atoms with van der Waals surface area (Å²) in [4.78, 5) is 17.6. The van der Waals surface area contributed by atoms with Crippen molar-refractivity contribution in [1.82, 2.24) is 20.1 Å². The highest BCUT2D eigenvalue weighted by Gasteiger charge is 2.41. The number of alkyl halides is 3. The zero-order chi connectivity index (χ0) is 27.1. The van der Waals surface area contributed by atoms with Gasteiger partial charge in [0.1, 0.15) is 11.0 Å². The zero-order valence-corrected chi connectivity index (χ0v) is 22.0. The average molecular weight is 549 g/mol. The van der Waals surface area contributed by atoms with Crippen LogP contribution >= 0.6 is 0 Å². The Hall–Kier alpha value is -2.95. The summed E-state index contributed by atoms with van der Waals surface area (Å²) in [5.74, 6) is -1.02. The number of benzene rings is 1. The first-order valence-corrected chi connectivity index (χ1v) is 14.7. The van der Waals surface area contributed by atoms with Crippen molar-refractivity contribution in [3.05, 3.63) is 53.3 Å². The van der Waals surface area contributed by atoms with Gasteiger partial charge in [0.15, 0.2) is 9.84 Å². The Morgan fingerprint density at radius 2 is 1.76 bits per heavy atom. The molecule has 0 radical (unpaired) electrons. The van der Waals surface area contributed by atoms with E-state index in [1.807, 2.05) is 4.68 Å². The summed E-state index contributed by atoms with van der Waals surface area (Å²) < 4.78 is 65.1. The normalized spacial score (nSPS) is 20.5. The number of aromatic nitrogens is 3. The number of hydrogen-bond acceptors (Lipinski definition) is 5. The van der Waals surface area contributed by atoms with Crippen LogP contribution in [0.15, 0.2) is 41.4 Å². The molecular formula is C27H31F3N4O3S. The van der Waals surface area contributed by atoms with Gasteiger partial charge in [-0.2, -0.15) is 18.3 Å². The molecule has 0 bridgehead atoms. The Morgan fingerprint density at radius 1 is 1.08 bits per heavy atom. The van der Waals surface area contributed by atoms with Crippen LogP contribution in [0, 0.1) is 11.8 Å². The Balaban J connectivity index is 1.27. The van der Waals surface area contributed by atoms with Gasteiger partial charge in [0.25, 0.3) is 5.91 Å². The number of carbonyl (C=O) groups excluding carboxylic acids is 1. The van der Waals surface area contributed by atoms with Gasteiger partial charge in [-0.1, -0.05) is 19.1 Å². The predicted octanol–water partition coefficient (Wildman–Crippen LogP) is 5.40. The number of sulfone groups is 1. The molecule has 11 heteroatoms. The smallest absolute Gasteiger partial charge is 0.348 e. The predicted molar refractivity (Wildman–Crippen MR) is 136 cm³/mol. The zero-order valence-electron chi connectivity index (χ0n) is 21.2.